The number of carbonyl (C=O) groups is 1. The van der Waals surface area contributed by atoms with Gasteiger partial charge in [-0.1, -0.05) is 28.1 Å². The number of aryl methyl sites for hydroxylation is 1. The Bertz CT molecular complexity index is 447. The molecule has 0 radical (unpaired) electrons. The van der Waals surface area contributed by atoms with Gasteiger partial charge >= 0.3 is 5.97 Å². The van der Waals surface area contributed by atoms with Gasteiger partial charge in [0.25, 0.3) is 0 Å². The second-order valence-corrected chi connectivity index (χ2v) is 5.54. The van der Waals surface area contributed by atoms with Crippen LogP contribution in [0.25, 0.3) is 0 Å². The van der Waals surface area contributed by atoms with Crippen LogP contribution in [0.4, 0.5) is 0 Å². The third kappa shape index (κ3) is 1.88. The molecule has 0 saturated heterocycles. The van der Waals surface area contributed by atoms with Gasteiger partial charge in [-0.3, -0.25) is 4.79 Å². The van der Waals surface area contributed by atoms with E-state index in [1.165, 1.54) is 11.1 Å². The van der Waals surface area contributed by atoms with Crippen LogP contribution in [0.2, 0.25) is 0 Å². The molecule has 2 rings (SSSR count). The highest BCUT2D eigenvalue weighted by Crippen LogP contribution is 2.49. The summed E-state index contributed by atoms with van der Waals surface area (Å²) < 4.78 is 1.10. The summed E-state index contributed by atoms with van der Waals surface area (Å²) in [6, 6.07) is 4.10. The minimum Gasteiger partial charge on any atom is -0.481 e. The molecule has 3 heteroatoms. The van der Waals surface area contributed by atoms with Gasteiger partial charge in [-0.2, -0.15) is 0 Å². The molecule has 0 spiro atoms. The van der Waals surface area contributed by atoms with Gasteiger partial charge in [0, 0.05) is 4.47 Å². The zero-order chi connectivity index (χ0) is 11.9. The van der Waals surface area contributed by atoms with E-state index in [9.17, 15) is 4.79 Å². The number of halogens is 1. The molecule has 0 atom stereocenters. The van der Waals surface area contributed by atoms with E-state index in [1.54, 1.807) is 0 Å². The number of carboxylic acids is 1. The lowest BCUT2D eigenvalue weighted by atomic mass is 9.93. The van der Waals surface area contributed by atoms with Crippen molar-refractivity contribution in [3.05, 3.63) is 33.3 Å². The molecular weight excluding hydrogens is 268 g/mol. The van der Waals surface area contributed by atoms with Crippen molar-refractivity contribution in [2.75, 3.05) is 0 Å². The lowest BCUT2D eigenvalue weighted by Crippen LogP contribution is -2.18. The minimum atomic E-state index is -0.649. The largest absolute Gasteiger partial charge is 0.481 e. The highest BCUT2D eigenvalue weighted by atomic mass is 79.9. The third-order valence-electron chi connectivity index (χ3n) is 3.53. The van der Waals surface area contributed by atoms with E-state index in [2.05, 4.69) is 22.0 Å². The van der Waals surface area contributed by atoms with Gasteiger partial charge in [0.15, 0.2) is 0 Å². The van der Waals surface area contributed by atoms with Crippen LogP contribution in [-0.2, 0) is 11.2 Å². The number of rotatable bonds is 3. The molecule has 86 valence electrons. The van der Waals surface area contributed by atoms with Crippen molar-refractivity contribution in [2.45, 2.75) is 33.1 Å². The maximum absolute atomic E-state index is 11.1. The Kier molecular flexibility index (Phi) is 2.82. The van der Waals surface area contributed by atoms with Crippen LogP contribution in [0.1, 0.15) is 29.5 Å². The smallest absolute Gasteiger partial charge is 0.309 e. The number of aliphatic carboxylic acids is 1. The summed E-state index contributed by atoms with van der Waals surface area (Å²) in [6.45, 7) is 4.09. The van der Waals surface area contributed by atoms with Crippen LogP contribution < -0.4 is 0 Å². The molecule has 0 bridgehead atoms. The van der Waals surface area contributed by atoms with Crippen molar-refractivity contribution in [2.24, 2.45) is 5.41 Å². The Balaban J connectivity index is 2.30. The zero-order valence-electron chi connectivity index (χ0n) is 9.51. The monoisotopic (exact) mass is 282 g/mol. The molecule has 1 aliphatic rings. The predicted molar refractivity (Wildman–Crippen MR) is 66.6 cm³/mol. The Morgan fingerprint density at radius 2 is 2.06 bits per heavy atom. The topological polar surface area (TPSA) is 37.3 Å². The molecule has 0 amide bonds. The van der Waals surface area contributed by atoms with Gasteiger partial charge in [0.1, 0.15) is 0 Å². The van der Waals surface area contributed by atoms with Crippen LogP contribution in [0.3, 0.4) is 0 Å². The normalized spacial score (nSPS) is 17.2. The molecule has 1 aliphatic carbocycles. The maximum Gasteiger partial charge on any atom is 0.309 e. The first kappa shape index (κ1) is 11.6. The summed E-state index contributed by atoms with van der Waals surface area (Å²) >= 11 is 3.55. The van der Waals surface area contributed by atoms with E-state index in [4.69, 9.17) is 5.11 Å². The van der Waals surface area contributed by atoms with E-state index < -0.39 is 11.4 Å². The molecular formula is C13H15BrO2. The fourth-order valence-corrected chi connectivity index (χ4v) is 2.42. The number of carboxylic acid groups (broad SMARTS) is 1. The molecule has 16 heavy (non-hydrogen) atoms. The maximum atomic E-state index is 11.1. The molecule has 0 unspecified atom stereocenters. The first-order valence-electron chi connectivity index (χ1n) is 5.44. The Hall–Kier alpha value is -0.830. The van der Waals surface area contributed by atoms with Gasteiger partial charge in [0.2, 0.25) is 0 Å². The summed E-state index contributed by atoms with van der Waals surface area (Å²) in [5, 5.41) is 9.17. The molecule has 1 aromatic carbocycles. The third-order valence-corrected chi connectivity index (χ3v) is 4.75. The van der Waals surface area contributed by atoms with Crippen molar-refractivity contribution in [1.82, 2.24) is 0 Å². The highest BCUT2D eigenvalue weighted by molar-refractivity contribution is 9.10. The summed E-state index contributed by atoms with van der Waals surface area (Å²) in [4.78, 5) is 11.1. The zero-order valence-corrected chi connectivity index (χ0v) is 11.1. The van der Waals surface area contributed by atoms with Gasteiger partial charge in [-0.25, -0.2) is 0 Å². The summed E-state index contributed by atoms with van der Waals surface area (Å²) in [5.74, 6) is -0.649. The van der Waals surface area contributed by atoms with Crippen LogP contribution in [0.5, 0.6) is 0 Å². The fraction of sp³-hybridized carbons (Fsp3) is 0.462. The van der Waals surface area contributed by atoms with Gasteiger partial charge in [-0.15, -0.1) is 0 Å². The molecule has 1 aromatic rings. The molecule has 0 aromatic heterocycles. The number of hydrogen-bond acceptors (Lipinski definition) is 1. The molecule has 1 N–H and O–H groups in total. The van der Waals surface area contributed by atoms with Crippen LogP contribution in [0, 0.1) is 19.3 Å². The quantitative estimate of drug-likeness (QED) is 0.922. The minimum absolute atomic E-state index is 0.473. The van der Waals surface area contributed by atoms with Crippen molar-refractivity contribution in [3.8, 4) is 0 Å². The van der Waals surface area contributed by atoms with Crippen LogP contribution in [0.15, 0.2) is 16.6 Å². The SMILES string of the molecule is Cc1ccc(CC2(C(=O)O)CC2)c(C)c1Br. The lowest BCUT2D eigenvalue weighted by molar-refractivity contribution is -0.143. The van der Waals surface area contributed by atoms with E-state index >= 15 is 0 Å². The standard InChI is InChI=1S/C13H15BrO2/c1-8-3-4-10(9(2)11(8)14)7-13(5-6-13)12(15)16/h3-4H,5-7H2,1-2H3,(H,15,16). The second-order valence-electron chi connectivity index (χ2n) is 4.74. The van der Waals surface area contributed by atoms with Crippen molar-refractivity contribution in [3.63, 3.8) is 0 Å². The van der Waals surface area contributed by atoms with Crippen molar-refractivity contribution >= 4 is 21.9 Å². The lowest BCUT2D eigenvalue weighted by Gasteiger charge is -2.14. The van der Waals surface area contributed by atoms with Gasteiger partial charge < -0.3 is 5.11 Å². The summed E-state index contributed by atoms with van der Waals surface area (Å²) in [6.07, 6.45) is 2.29. The van der Waals surface area contributed by atoms with Crippen LogP contribution >= 0.6 is 15.9 Å². The summed E-state index contributed by atoms with van der Waals surface area (Å²) in [7, 11) is 0. The summed E-state index contributed by atoms with van der Waals surface area (Å²) in [5.41, 5.74) is 3.05. The number of hydrogen-bond donors (Lipinski definition) is 1. The number of benzene rings is 1. The van der Waals surface area contributed by atoms with Gasteiger partial charge in [-0.05, 0) is 49.8 Å². The van der Waals surface area contributed by atoms with E-state index in [-0.39, 0.29) is 0 Å². The average Bonchev–Trinajstić information content (AvgIpc) is 3.00. The van der Waals surface area contributed by atoms with E-state index in [1.807, 2.05) is 19.9 Å². The van der Waals surface area contributed by atoms with Crippen molar-refractivity contribution < 1.29 is 9.90 Å². The first-order chi connectivity index (χ1) is 7.46. The predicted octanol–water partition coefficient (Wildman–Crippen LogP) is 3.47. The Morgan fingerprint density at radius 3 is 2.56 bits per heavy atom. The van der Waals surface area contributed by atoms with E-state index in [0.29, 0.717) is 6.42 Å². The highest BCUT2D eigenvalue weighted by Gasteiger charge is 2.50. The van der Waals surface area contributed by atoms with Gasteiger partial charge in [0.05, 0.1) is 5.41 Å². The molecule has 2 nitrogen and oxygen atoms in total. The fourth-order valence-electron chi connectivity index (χ4n) is 2.03. The van der Waals surface area contributed by atoms with Crippen molar-refractivity contribution in [1.29, 1.82) is 0 Å². The molecule has 1 saturated carbocycles. The Morgan fingerprint density at radius 1 is 1.44 bits per heavy atom. The molecule has 0 heterocycles. The van der Waals surface area contributed by atoms with E-state index in [0.717, 1.165) is 22.9 Å². The first-order valence-corrected chi connectivity index (χ1v) is 6.23. The van der Waals surface area contributed by atoms with Crippen LogP contribution in [-0.4, -0.2) is 11.1 Å². The molecule has 1 fully saturated rings. The average molecular weight is 283 g/mol. The Labute approximate surface area is 104 Å². The second kappa shape index (κ2) is 3.88. The molecule has 0 aliphatic heterocycles.